The summed E-state index contributed by atoms with van der Waals surface area (Å²) in [5.41, 5.74) is -1.07. The third kappa shape index (κ3) is 5.44. The van der Waals surface area contributed by atoms with Crippen LogP contribution in [0, 0.1) is 0 Å². The number of aromatic nitrogens is 5. The highest BCUT2D eigenvalue weighted by Crippen LogP contribution is 2.33. The Labute approximate surface area is 205 Å². The molecule has 0 saturated carbocycles. The number of alkyl halides is 6. The monoisotopic (exact) mass is 518 g/mol. The van der Waals surface area contributed by atoms with Crippen LogP contribution in [0.3, 0.4) is 0 Å². The lowest BCUT2D eigenvalue weighted by Crippen LogP contribution is -2.11. The zero-order valence-corrected chi connectivity index (χ0v) is 18.7. The average Bonchev–Trinajstić information content (AvgIpc) is 2.87. The minimum absolute atomic E-state index is 0.0266. The molecular formula is C24H16F6N6O. The number of hydrogen-bond acceptors (Lipinski definition) is 7. The molecule has 3 aromatic heterocycles. The van der Waals surface area contributed by atoms with Gasteiger partial charge in [0.05, 0.1) is 6.61 Å². The van der Waals surface area contributed by atoms with E-state index in [1.807, 2.05) is 0 Å². The van der Waals surface area contributed by atoms with E-state index in [9.17, 15) is 26.3 Å². The van der Waals surface area contributed by atoms with Gasteiger partial charge in [0.15, 0.2) is 11.6 Å². The summed E-state index contributed by atoms with van der Waals surface area (Å²) in [6.07, 6.45) is -6.86. The van der Waals surface area contributed by atoms with Crippen molar-refractivity contribution in [1.29, 1.82) is 0 Å². The standard InChI is InChI=1S/C24H16F6N6O/c25-23(26,27)18-5-1-4-16(33-18)21-34-20(14-6-7-17-13(11-14)3-2-10-37-17)35-22(36-21)32-15-8-9-31-19(12-15)24(28,29)30/h1,4-9,11-12H,2-3,10H2,(H,31,32,34,35,36). The number of nitrogens with one attached hydrogen (secondary N) is 1. The molecule has 5 rings (SSSR count). The van der Waals surface area contributed by atoms with E-state index in [-0.39, 0.29) is 29.0 Å². The summed E-state index contributed by atoms with van der Waals surface area (Å²) in [7, 11) is 0. The first-order chi connectivity index (χ1) is 17.6. The Morgan fingerprint density at radius 1 is 0.784 bits per heavy atom. The lowest BCUT2D eigenvalue weighted by molar-refractivity contribution is -0.141. The second-order valence-corrected chi connectivity index (χ2v) is 8.04. The highest BCUT2D eigenvalue weighted by atomic mass is 19.4. The number of pyridine rings is 2. The highest BCUT2D eigenvalue weighted by Gasteiger charge is 2.33. The van der Waals surface area contributed by atoms with Gasteiger partial charge in [-0.1, -0.05) is 6.07 Å². The minimum Gasteiger partial charge on any atom is -0.493 e. The van der Waals surface area contributed by atoms with Gasteiger partial charge in [-0.3, -0.25) is 4.98 Å². The molecule has 0 spiro atoms. The van der Waals surface area contributed by atoms with Crippen molar-refractivity contribution in [2.75, 3.05) is 11.9 Å². The van der Waals surface area contributed by atoms with Gasteiger partial charge < -0.3 is 10.1 Å². The number of fused-ring (bicyclic) bond motifs is 1. The smallest absolute Gasteiger partial charge is 0.433 e. The molecule has 0 amide bonds. The third-order valence-corrected chi connectivity index (χ3v) is 5.38. The molecule has 190 valence electrons. The first kappa shape index (κ1) is 24.4. The molecule has 0 aliphatic carbocycles. The molecule has 13 heteroatoms. The van der Waals surface area contributed by atoms with Crippen molar-refractivity contribution in [1.82, 2.24) is 24.9 Å². The fourth-order valence-corrected chi connectivity index (χ4v) is 3.68. The van der Waals surface area contributed by atoms with Crippen LogP contribution in [0.4, 0.5) is 38.0 Å². The van der Waals surface area contributed by atoms with Crippen LogP contribution >= 0.6 is 0 Å². The summed E-state index contributed by atoms with van der Waals surface area (Å²) in [5, 5.41) is 2.67. The molecule has 0 saturated heterocycles. The van der Waals surface area contributed by atoms with E-state index >= 15 is 0 Å². The second kappa shape index (κ2) is 9.30. The van der Waals surface area contributed by atoms with Crippen molar-refractivity contribution in [2.45, 2.75) is 25.2 Å². The van der Waals surface area contributed by atoms with Crippen LogP contribution in [-0.2, 0) is 18.8 Å². The van der Waals surface area contributed by atoms with Gasteiger partial charge in [-0.2, -0.15) is 36.3 Å². The molecule has 37 heavy (non-hydrogen) atoms. The predicted molar refractivity (Wildman–Crippen MR) is 120 cm³/mol. The van der Waals surface area contributed by atoms with Crippen LogP contribution in [0.25, 0.3) is 22.9 Å². The molecule has 7 nitrogen and oxygen atoms in total. The van der Waals surface area contributed by atoms with Crippen molar-refractivity contribution < 1.29 is 31.1 Å². The van der Waals surface area contributed by atoms with Crippen LogP contribution in [0.5, 0.6) is 5.75 Å². The summed E-state index contributed by atoms with van der Waals surface area (Å²) in [5.74, 6) is 0.411. The van der Waals surface area contributed by atoms with E-state index < -0.39 is 23.7 Å². The zero-order valence-electron chi connectivity index (χ0n) is 18.7. The fourth-order valence-electron chi connectivity index (χ4n) is 3.68. The summed E-state index contributed by atoms with van der Waals surface area (Å²) in [6.45, 7) is 0.587. The Bertz CT molecular complexity index is 1460. The molecule has 1 aliphatic rings. The van der Waals surface area contributed by atoms with E-state index in [1.54, 1.807) is 18.2 Å². The Hall–Kier alpha value is -4.29. The molecule has 1 N–H and O–H groups in total. The maximum absolute atomic E-state index is 13.3. The lowest BCUT2D eigenvalue weighted by atomic mass is 10.0. The topological polar surface area (TPSA) is 85.7 Å². The molecule has 0 bridgehead atoms. The van der Waals surface area contributed by atoms with Crippen molar-refractivity contribution in [2.24, 2.45) is 0 Å². The van der Waals surface area contributed by atoms with Crippen LogP contribution in [0.2, 0.25) is 0 Å². The molecule has 1 aliphatic heterocycles. The lowest BCUT2D eigenvalue weighted by Gasteiger charge is -2.18. The van der Waals surface area contributed by atoms with E-state index in [0.29, 0.717) is 17.9 Å². The number of hydrogen-bond donors (Lipinski definition) is 1. The molecule has 4 aromatic rings. The van der Waals surface area contributed by atoms with E-state index in [4.69, 9.17) is 4.74 Å². The normalized spacial score (nSPS) is 13.6. The number of aryl methyl sites for hydroxylation is 1. The van der Waals surface area contributed by atoms with Gasteiger partial charge in [-0.05, 0) is 60.9 Å². The van der Waals surface area contributed by atoms with E-state index in [2.05, 4.69) is 30.2 Å². The first-order valence-corrected chi connectivity index (χ1v) is 10.9. The SMILES string of the molecule is FC(F)(F)c1cc(Nc2nc(-c3ccc4c(c3)CCCO4)nc(-c3cccc(C(F)(F)F)n3)n2)ccn1. The number of rotatable bonds is 4. The van der Waals surface area contributed by atoms with Gasteiger partial charge >= 0.3 is 12.4 Å². The maximum Gasteiger partial charge on any atom is 0.433 e. The van der Waals surface area contributed by atoms with Gasteiger partial charge in [0.25, 0.3) is 0 Å². The summed E-state index contributed by atoms with van der Waals surface area (Å²) < 4.78 is 84.7. The van der Waals surface area contributed by atoms with Crippen molar-refractivity contribution in [3.8, 4) is 28.7 Å². The number of halogens is 6. The Morgan fingerprint density at radius 2 is 1.57 bits per heavy atom. The summed E-state index contributed by atoms with van der Waals surface area (Å²) in [4.78, 5) is 19.7. The van der Waals surface area contributed by atoms with Crippen LogP contribution in [0.1, 0.15) is 23.4 Å². The Kier molecular flexibility index (Phi) is 6.13. The van der Waals surface area contributed by atoms with Crippen molar-refractivity contribution >= 4 is 11.6 Å². The largest absolute Gasteiger partial charge is 0.493 e. The second-order valence-electron chi connectivity index (χ2n) is 8.04. The number of nitrogens with zero attached hydrogens (tertiary/aromatic N) is 5. The summed E-state index contributed by atoms with van der Waals surface area (Å²) >= 11 is 0. The molecule has 0 fully saturated rings. The Balaban J connectivity index is 1.60. The number of benzene rings is 1. The highest BCUT2D eigenvalue weighted by molar-refractivity contribution is 5.65. The number of anilines is 2. The van der Waals surface area contributed by atoms with Gasteiger partial charge in [-0.15, -0.1) is 0 Å². The average molecular weight is 518 g/mol. The van der Waals surface area contributed by atoms with Crippen LogP contribution in [0.15, 0.2) is 54.7 Å². The van der Waals surface area contributed by atoms with Gasteiger partial charge in [0.1, 0.15) is 22.8 Å². The van der Waals surface area contributed by atoms with Gasteiger partial charge in [0.2, 0.25) is 5.95 Å². The van der Waals surface area contributed by atoms with Crippen molar-refractivity contribution in [3.05, 3.63) is 71.7 Å². The number of ether oxygens (including phenoxy) is 1. The first-order valence-electron chi connectivity index (χ1n) is 10.9. The Morgan fingerprint density at radius 3 is 2.35 bits per heavy atom. The fraction of sp³-hybridized carbons (Fsp3) is 0.208. The van der Waals surface area contributed by atoms with E-state index in [1.165, 1.54) is 12.1 Å². The predicted octanol–water partition coefficient (Wildman–Crippen LogP) is 6.10. The molecular weight excluding hydrogens is 502 g/mol. The quantitative estimate of drug-likeness (QED) is 0.327. The molecule has 0 radical (unpaired) electrons. The molecule has 4 heterocycles. The van der Waals surface area contributed by atoms with Gasteiger partial charge in [-0.25, -0.2) is 9.97 Å². The molecule has 0 unspecified atom stereocenters. The van der Waals surface area contributed by atoms with Crippen LogP contribution < -0.4 is 10.1 Å². The van der Waals surface area contributed by atoms with Crippen LogP contribution in [-0.4, -0.2) is 31.5 Å². The summed E-state index contributed by atoms with van der Waals surface area (Å²) in [6, 6.07) is 10.5. The maximum atomic E-state index is 13.3. The molecule has 0 atom stereocenters. The van der Waals surface area contributed by atoms with Crippen molar-refractivity contribution in [3.63, 3.8) is 0 Å². The van der Waals surface area contributed by atoms with Gasteiger partial charge in [0, 0.05) is 17.4 Å². The van der Waals surface area contributed by atoms with E-state index in [0.717, 1.165) is 42.8 Å². The molecule has 1 aromatic carbocycles. The third-order valence-electron chi connectivity index (χ3n) is 5.38. The minimum atomic E-state index is -4.70. The zero-order chi connectivity index (χ0) is 26.2.